The summed E-state index contributed by atoms with van der Waals surface area (Å²) >= 11 is 9.51. The van der Waals surface area contributed by atoms with Crippen LogP contribution in [0, 0.1) is 0 Å². The van der Waals surface area contributed by atoms with Gasteiger partial charge in [-0.25, -0.2) is 0 Å². The molecule has 1 atom stereocenters. The van der Waals surface area contributed by atoms with E-state index in [-0.39, 0.29) is 18.4 Å². The summed E-state index contributed by atoms with van der Waals surface area (Å²) in [6, 6.07) is 14.5. The number of carbonyl (C=O) groups is 2. The highest BCUT2D eigenvalue weighted by atomic mass is 79.9. The summed E-state index contributed by atoms with van der Waals surface area (Å²) in [5, 5.41) is 3.23. The highest BCUT2D eigenvalue weighted by Crippen LogP contribution is 2.27. The lowest BCUT2D eigenvalue weighted by Gasteiger charge is -2.30. The van der Waals surface area contributed by atoms with E-state index in [9.17, 15) is 9.59 Å². The van der Waals surface area contributed by atoms with Crippen LogP contribution in [0.5, 0.6) is 5.75 Å². The Morgan fingerprint density at radius 2 is 1.90 bits per heavy atom. The van der Waals surface area contributed by atoms with Crippen molar-refractivity contribution >= 4 is 39.3 Å². The van der Waals surface area contributed by atoms with Gasteiger partial charge in [0.2, 0.25) is 5.91 Å². The number of halogens is 2. The Hall–Kier alpha value is -2.05. The first-order valence-corrected chi connectivity index (χ1v) is 10.8. The van der Waals surface area contributed by atoms with Gasteiger partial charge in [-0.15, -0.1) is 0 Å². The van der Waals surface area contributed by atoms with Crippen LogP contribution >= 0.6 is 27.5 Å². The fraction of sp³-hybridized carbons (Fsp3) is 0.364. The molecule has 2 aromatic rings. The van der Waals surface area contributed by atoms with Crippen LogP contribution in [0.4, 0.5) is 0 Å². The van der Waals surface area contributed by atoms with E-state index in [2.05, 4.69) is 21.2 Å². The smallest absolute Gasteiger partial charge is 0.261 e. The molecule has 0 saturated heterocycles. The van der Waals surface area contributed by atoms with Crippen molar-refractivity contribution in [2.75, 3.05) is 19.7 Å². The topological polar surface area (TPSA) is 58.6 Å². The van der Waals surface area contributed by atoms with Gasteiger partial charge in [0, 0.05) is 17.6 Å². The normalized spacial score (nSPS) is 11.6. The van der Waals surface area contributed by atoms with E-state index in [0.717, 1.165) is 10.0 Å². The van der Waals surface area contributed by atoms with Crippen LogP contribution in [-0.4, -0.2) is 42.5 Å². The summed E-state index contributed by atoms with van der Waals surface area (Å²) in [5.74, 6) is 0.0217. The van der Waals surface area contributed by atoms with Crippen LogP contribution < -0.4 is 10.1 Å². The Labute approximate surface area is 185 Å². The molecule has 0 saturated carbocycles. The number of ether oxygens (including phenoxy) is 1. The van der Waals surface area contributed by atoms with Crippen LogP contribution in [0.15, 0.2) is 53.0 Å². The highest BCUT2D eigenvalue weighted by molar-refractivity contribution is 9.10. The summed E-state index contributed by atoms with van der Waals surface area (Å²) < 4.78 is 6.47. The number of nitrogens with one attached hydrogen (secondary N) is 1. The van der Waals surface area contributed by atoms with Crippen molar-refractivity contribution < 1.29 is 14.3 Å². The Kier molecular flexibility index (Phi) is 9.48. The molecule has 0 bridgehead atoms. The molecule has 5 nitrogen and oxygen atoms in total. The minimum Gasteiger partial charge on any atom is -0.482 e. The molecule has 0 radical (unpaired) electrons. The van der Waals surface area contributed by atoms with E-state index in [4.69, 9.17) is 16.3 Å². The first-order chi connectivity index (χ1) is 14.0. The Bertz CT molecular complexity index is 817. The molecule has 0 aliphatic carbocycles. The van der Waals surface area contributed by atoms with Gasteiger partial charge >= 0.3 is 0 Å². The standard InChI is InChI=1S/C22H26BrClN2O3/c1-3-19(22(28)25-4-2)26(13-12-16-8-6-5-7-9-16)21(27)15-29-20-11-10-17(23)14-18(20)24/h5-11,14,19H,3-4,12-13,15H2,1-2H3,(H,25,28). The van der Waals surface area contributed by atoms with E-state index >= 15 is 0 Å². The fourth-order valence-corrected chi connectivity index (χ4v) is 3.73. The van der Waals surface area contributed by atoms with Crippen LogP contribution in [0.1, 0.15) is 25.8 Å². The molecule has 0 fully saturated rings. The Morgan fingerprint density at radius 1 is 1.17 bits per heavy atom. The Balaban J connectivity index is 2.12. The predicted octanol–water partition coefficient (Wildman–Crippen LogP) is 4.47. The SMILES string of the molecule is CCNC(=O)C(CC)N(CCc1ccccc1)C(=O)COc1ccc(Br)cc1Cl. The van der Waals surface area contributed by atoms with Gasteiger partial charge < -0.3 is 15.0 Å². The van der Waals surface area contributed by atoms with Crippen LogP contribution in [0.2, 0.25) is 5.02 Å². The van der Waals surface area contributed by atoms with E-state index in [1.807, 2.05) is 44.2 Å². The van der Waals surface area contributed by atoms with Gasteiger partial charge in [-0.05, 0) is 43.5 Å². The number of nitrogens with zero attached hydrogens (tertiary/aromatic N) is 1. The lowest BCUT2D eigenvalue weighted by atomic mass is 10.1. The molecule has 2 rings (SSSR count). The molecule has 0 aromatic heterocycles. The van der Waals surface area contributed by atoms with Crippen molar-refractivity contribution in [3.05, 3.63) is 63.6 Å². The van der Waals surface area contributed by atoms with Crippen LogP contribution in [0.3, 0.4) is 0 Å². The van der Waals surface area contributed by atoms with E-state index < -0.39 is 6.04 Å². The maximum atomic E-state index is 13.0. The van der Waals surface area contributed by atoms with Gasteiger partial charge in [-0.2, -0.15) is 0 Å². The Morgan fingerprint density at radius 3 is 2.52 bits per heavy atom. The minimum atomic E-state index is -0.546. The van der Waals surface area contributed by atoms with Crippen molar-refractivity contribution in [1.29, 1.82) is 0 Å². The molecule has 2 aromatic carbocycles. The molecule has 156 valence electrons. The fourth-order valence-electron chi connectivity index (χ4n) is 3.00. The molecule has 0 aliphatic rings. The van der Waals surface area contributed by atoms with Crippen molar-refractivity contribution in [2.45, 2.75) is 32.7 Å². The van der Waals surface area contributed by atoms with E-state index in [0.29, 0.717) is 36.7 Å². The molecule has 29 heavy (non-hydrogen) atoms. The third kappa shape index (κ3) is 7.05. The van der Waals surface area contributed by atoms with Crippen LogP contribution in [-0.2, 0) is 16.0 Å². The summed E-state index contributed by atoms with van der Waals surface area (Å²) in [4.78, 5) is 27.1. The molecule has 1 unspecified atom stereocenters. The quantitative estimate of drug-likeness (QED) is 0.545. The molecule has 0 aliphatic heterocycles. The van der Waals surface area contributed by atoms with Gasteiger partial charge in [0.1, 0.15) is 11.8 Å². The molecule has 0 spiro atoms. The molecule has 7 heteroatoms. The maximum Gasteiger partial charge on any atom is 0.261 e. The van der Waals surface area contributed by atoms with E-state index in [1.54, 1.807) is 23.1 Å². The van der Waals surface area contributed by atoms with Crippen LogP contribution in [0.25, 0.3) is 0 Å². The number of carbonyl (C=O) groups excluding carboxylic acids is 2. The van der Waals surface area contributed by atoms with Gasteiger partial charge in [0.05, 0.1) is 5.02 Å². The number of hydrogen-bond donors (Lipinski definition) is 1. The first kappa shape index (κ1) is 23.2. The lowest BCUT2D eigenvalue weighted by molar-refractivity contribution is -0.142. The highest BCUT2D eigenvalue weighted by Gasteiger charge is 2.28. The van der Waals surface area contributed by atoms with Crippen molar-refractivity contribution in [3.63, 3.8) is 0 Å². The second-order valence-corrected chi connectivity index (χ2v) is 7.83. The van der Waals surface area contributed by atoms with Gasteiger partial charge in [-0.3, -0.25) is 9.59 Å². The van der Waals surface area contributed by atoms with E-state index in [1.165, 1.54) is 0 Å². The van der Waals surface area contributed by atoms with Crippen molar-refractivity contribution in [3.8, 4) is 5.75 Å². The number of benzene rings is 2. The molecule has 1 N–H and O–H groups in total. The predicted molar refractivity (Wildman–Crippen MR) is 119 cm³/mol. The maximum absolute atomic E-state index is 13.0. The lowest BCUT2D eigenvalue weighted by Crippen LogP contribution is -2.51. The second-order valence-electron chi connectivity index (χ2n) is 6.50. The summed E-state index contributed by atoms with van der Waals surface area (Å²) in [5.41, 5.74) is 1.10. The zero-order chi connectivity index (χ0) is 21.2. The van der Waals surface area contributed by atoms with Gasteiger partial charge in [0.15, 0.2) is 6.61 Å². The number of likely N-dealkylation sites (N-methyl/N-ethyl adjacent to an activating group) is 1. The third-order valence-electron chi connectivity index (χ3n) is 4.47. The van der Waals surface area contributed by atoms with Crippen molar-refractivity contribution in [1.82, 2.24) is 10.2 Å². The van der Waals surface area contributed by atoms with Gasteiger partial charge in [-0.1, -0.05) is 64.8 Å². The largest absolute Gasteiger partial charge is 0.482 e. The van der Waals surface area contributed by atoms with Gasteiger partial charge in [0.25, 0.3) is 5.91 Å². The summed E-state index contributed by atoms with van der Waals surface area (Å²) in [7, 11) is 0. The minimum absolute atomic E-state index is 0.155. The molecule has 2 amide bonds. The number of rotatable bonds is 10. The monoisotopic (exact) mass is 480 g/mol. The van der Waals surface area contributed by atoms with Crippen molar-refractivity contribution in [2.24, 2.45) is 0 Å². The number of hydrogen-bond acceptors (Lipinski definition) is 3. The second kappa shape index (κ2) is 11.8. The summed E-state index contributed by atoms with van der Waals surface area (Å²) in [6.07, 6.45) is 1.17. The first-order valence-electron chi connectivity index (χ1n) is 9.65. The molecular formula is C22H26BrClN2O3. The third-order valence-corrected chi connectivity index (χ3v) is 5.25. The molecular weight excluding hydrogens is 456 g/mol. The average Bonchev–Trinajstić information content (AvgIpc) is 2.71. The molecule has 0 heterocycles. The number of amides is 2. The summed E-state index contributed by atoms with van der Waals surface area (Å²) in [6.45, 7) is 4.51. The zero-order valence-corrected chi connectivity index (χ0v) is 19.0. The average molecular weight is 482 g/mol. The zero-order valence-electron chi connectivity index (χ0n) is 16.7.